The number of ether oxygens (including phenoxy) is 1. The van der Waals surface area contributed by atoms with Crippen molar-refractivity contribution >= 4 is 0 Å². The van der Waals surface area contributed by atoms with Crippen LogP contribution in [0.2, 0.25) is 0 Å². The second-order valence-electron chi connectivity index (χ2n) is 7.20. The van der Waals surface area contributed by atoms with E-state index in [1.807, 2.05) is 42.5 Å². The highest BCUT2D eigenvalue weighted by molar-refractivity contribution is 5.34. The molecule has 2 aromatic rings. The van der Waals surface area contributed by atoms with Gasteiger partial charge in [0.1, 0.15) is 5.75 Å². The van der Waals surface area contributed by atoms with Gasteiger partial charge in [0.2, 0.25) is 0 Å². The summed E-state index contributed by atoms with van der Waals surface area (Å²) in [6, 6.07) is 20.2. The van der Waals surface area contributed by atoms with Crippen molar-refractivity contribution in [3.8, 4) is 18.1 Å². The Morgan fingerprint density at radius 3 is 2.10 bits per heavy atom. The van der Waals surface area contributed by atoms with Crippen LogP contribution in [0.25, 0.3) is 0 Å². The van der Waals surface area contributed by atoms with Gasteiger partial charge in [0, 0.05) is 0 Å². The van der Waals surface area contributed by atoms with Gasteiger partial charge in [0.05, 0.1) is 12.0 Å². The molecule has 0 N–H and O–H groups in total. The fourth-order valence-corrected chi connectivity index (χ4v) is 3.17. The highest BCUT2D eigenvalue weighted by Gasteiger charge is 2.08. The lowest BCUT2D eigenvalue weighted by molar-refractivity contribution is 0.498. The Labute approximate surface area is 177 Å². The van der Waals surface area contributed by atoms with Crippen LogP contribution < -0.4 is 4.74 Å². The molecule has 0 bridgehead atoms. The quantitative estimate of drug-likeness (QED) is 0.294. The van der Waals surface area contributed by atoms with Crippen molar-refractivity contribution in [3.05, 3.63) is 65.7 Å². The zero-order valence-electron chi connectivity index (χ0n) is 17.9. The van der Waals surface area contributed by atoms with E-state index < -0.39 is 0 Å². The normalized spacial score (nSPS) is 10.8. The second-order valence-corrected chi connectivity index (χ2v) is 7.20. The summed E-state index contributed by atoms with van der Waals surface area (Å²) in [6.07, 6.45) is 12.3. The van der Waals surface area contributed by atoms with Crippen LogP contribution >= 0.6 is 0 Å². The molecule has 0 amide bonds. The predicted molar refractivity (Wildman–Crippen MR) is 119 cm³/mol. The monoisotopic (exact) mass is 390 g/mol. The number of para-hydroxylation sites is 1. The van der Waals surface area contributed by atoms with Crippen molar-refractivity contribution < 1.29 is 4.74 Å². The van der Waals surface area contributed by atoms with E-state index >= 15 is 0 Å². The zero-order chi connectivity index (χ0) is 21.2. The molecule has 0 aromatic heterocycles. The molecule has 0 saturated carbocycles. The maximum absolute atomic E-state index is 9.13. The molecule has 0 aliphatic rings. The molecule has 0 spiro atoms. The first-order chi connectivity index (χ1) is 14.3. The van der Waals surface area contributed by atoms with Crippen LogP contribution in [-0.4, -0.2) is 0 Å². The molecule has 2 rings (SSSR count). The number of hydrogen-bond donors (Lipinski definition) is 0. The molecule has 29 heavy (non-hydrogen) atoms. The number of unbranched alkanes of at least 4 members (excludes halogenated alkanes) is 5. The van der Waals surface area contributed by atoms with Gasteiger partial charge in [-0.2, -0.15) is 5.26 Å². The summed E-state index contributed by atoms with van der Waals surface area (Å²) >= 11 is 0. The standard InChI is InChI=1S/C15H21N.C11H13NO/c1-2-3-4-5-7-12-15(13-16)14-10-8-6-9-11-14;1-2-3-6-10-7-4-5-8-11(10)13-9-12/h6,8-11,15H,2-5,7,12H2,1H3;4-5,7-8H,2-3,6H2,1H3. The molecule has 0 radical (unpaired) electrons. The van der Waals surface area contributed by atoms with Gasteiger partial charge in [0.15, 0.2) is 0 Å². The Bertz CT molecular complexity index is 743. The van der Waals surface area contributed by atoms with Crippen molar-refractivity contribution in [2.24, 2.45) is 0 Å². The minimum absolute atomic E-state index is 0.0860. The summed E-state index contributed by atoms with van der Waals surface area (Å²) in [7, 11) is 0. The van der Waals surface area contributed by atoms with E-state index in [1.54, 1.807) is 6.26 Å². The lowest BCUT2D eigenvalue weighted by Crippen LogP contribution is -1.95. The Morgan fingerprint density at radius 1 is 0.793 bits per heavy atom. The van der Waals surface area contributed by atoms with Gasteiger partial charge in [-0.25, -0.2) is 0 Å². The van der Waals surface area contributed by atoms with Crippen LogP contribution in [0.5, 0.6) is 5.75 Å². The molecule has 154 valence electrons. The molecule has 0 saturated heterocycles. The van der Waals surface area contributed by atoms with Crippen molar-refractivity contribution in [2.75, 3.05) is 0 Å². The number of aryl methyl sites for hydroxylation is 1. The summed E-state index contributed by atoms with van der Waals surface area (Å²) in [5, 5.41) is 17.5. The number of hydrogen-bond acceptors (Lipinski definition) is 3. The zero-order valence-corrected chi connectivity index (χ0v) is 17.9. The molecule has 0 aliphatic heterocycles. The predicted octanol–water partition coefficient (Wildman–Crippen LogP) is 7.54. The SMILES string of the molecule is CCCCCCCC(C#N)c1ccccc1.CCCCc1ccccc1OC#N. The molecule has 3 nitrogen and oxygen atoms in total. The first-order valence-electron chi connectivity index (χ1n) is 10.8. The van der Waals surface area contributed by atoms with Crippen LogP contribution in [-0.2, 0) is 6.42 Å². The lowest BCUT2D eigenvalue weighted by atomic mass is 9.94. The van der Waals surface area contributed by atoms with Crippen LogP contribution in [0.4, 0.5) is 0 Å². The lowest BCUT2D eigenvalue weighted by Gasteiger charge is -2.08. The van der Waals surface area contributed by atoms with E-state index in [1.165, 1.54) is 37.7 Å². The molecule has 0 aliphatic carbocycles. The van der Waals surface area contributed by atoms with Gasteiger partial charge in [-0.1, -0.05) is 101 Å². The number of rotatable bonds is 11. The molecular weight excluding hydrogens is 356 g/mol. The smallest absolute Gasteiger partial charge is 0.292 e. The Hall–Kier alpha value is -2.78. The summed E-state index contributed by atoms with van der Waals surface area (Å²) in [5.41, 5.74) is 2.28. The van der Waals surface area contributed by atoms with Crippen LogP contribution in [0, 0.1) is 22.8 Å². The first-order valence-corrected chi connectivity index (χ1v) is 10.8. The van der Waals surface area contributed by atoms with Gasteiger partial charge < -0.3 is 4.74 Å². The van der Waals surface area contributed by atoms with Crippen LogP contribution in [0.3, 0.4) is 0 Å². The molecule has 1 atom stereocenters. The second kappa shape index (κ2) is 16.2. The van der Waals surface area contributed by atoms with E-state index in [2.05, 4.69) is 32.0 Å². The number of nitrogens with zero attached hydrogens (tertiary/aromatic N) is 2. The summed E-state index contributed by atoms with van der Waals surface area (Å²) in [5.74, 6) is 0.779. The Balaban J connectivity index is 0.000000296. The third-order valence-electron chi connectivity index (χ3n) is 4.88. The van der Waals surface area contributed by atoms with Crippen molar-refractivity contribution in [1.82, 2.24) is 0 Å². The third kappa shape index (κ3) is 10.4. The van der Waals surface area contributed by atoms with Gasteiger partial charge >= 0.3 is 0 Å². The van der Waals surface area contributed by atoms with Gasteiger partial charge in [-0.3, -0.25) is 0 Å². The van der Waals surface area contributed by atoms with E-state index in [4.69, 9.17) is 15.3 Å². The van der Waals surface area contributed by atoms with E-state index in [9.17, 15) is 0 Å². The maximum Gasteiger partial charge on any atom is 0.292 e. The van der Waals surface area contributed by atoms with E-state index in [0.717, 1.165) is 31.2 Å². The minimum Gasteiger partial charge on any atom is -0.388 e. The van der Waals surface area contributed by atoms with Crippen molar-refractivity contribution in [2.45, 2.75) is 77.6 Å². The largest absolute Gasteiger partial charge is 0.388 e. The highest BCUT2D eigenvalue weighted by atomic mass is 16.5. The molecule has 3 heteroatoms. The fourth-order valence-electron chi connectivity index (χ4n) is 3.17. The van der Waals surface area contributed by atoms with E-state index in [-0.39, 0.29) is 5.92 Å². The van der Waals surface area contributed by atoms with Gasteiger partial charge in [-0.15, -0.1) is 5.26 Å². The fraction of sp³-hybridized carbons (Fsp3) is 0.462. The van der Waals surface area contributed by atoms with Gasteiger partial charge in [0.25, 0.3) is 6.26 Å². The van der Waals surface area contributed by atoms with Gasteiger partial charge in [-0.05, 0) is 36.5 Å². The van der Waals surface area contributed by atoms with Crippen LogP contribution in [0.15, 0.2) is 54.6 Å². The molecule has 1 unspecified atom stereocenters. The minimum atomic E-state index is 0.0860. The topological polar surface area (TPSA) is 56.8 Å². The average Bonchev–Trinajstić information content (AvgIpc) is 2.77. The van der Waals surface area contributed by atoms with Crippen molar-refractivity contribution in [3.63, 3.8) is 0 Å². The molecule has 2 aromatic carbocycles. The highest BCUT2D eigenvalue weighted by Crippen LogP contribution is 2.22. The molecule has 0 heterocycles. The Morgan fingerprint density at radius 2 is 1.45 bits per heavy atom. The third-order valence-corrected chi connectivity index (χ3v) is 4.88. The number of benzene rings is 2. The average molecular weight is 391 g/mol. The van der Waals surface area contributed by atoms with Crippen molar-refractivity contribution in [1.29, 1.82) is 10.5 Å². The summed E-state index contributed by atoms with van der Waals surface area (Å²) < 4.78 is 4.84. The molecule has 0 fully saturated rings. The maximum atomic E-state index is 9.13. The van der Waals surface area contributed by atoms with Crippen LogP contribution in [0.1, 0.15) is 82.3 Å². The number of nitriles is 2. The first kappa shape index (κ1) is 24.3. The molecular formula is C26H34N2O. The summed E-state index contributed by atoms with van der Waals surface area (Å²) in [6.45, 7) is 4.37. The Kier molecular flexibility index (Phi) is 13.6. The summed E-state index contributed by atoms with van der Waals surface area (Å²) in [4.78, 5) is 0. The van der Waals surface area contributed by atoms with E-state index in [0.29, 0.717) is 5.75 Å².